The summed E-state index contributed by atoms with van der Waals surface area (Å²) >= 11 is 0. The Morgan fingerprint density at radius 1 is 0.805 bits per heavy atom. The summed E-state index contributed by atoms with van der Waals surface area (Å²) in [5, 5.41) is 49.1. The van der Waals surface area contributed by atoms with Crippen molar-refractivity contribution in [3.05, 3.63) is 170 Å². The van der Waals surface area contributed by atoms with E-state index in [2.05, 4.69) is 142 Å². The van der Waals surface area contributed by atoms with Gasteiger partial charge in [0.25, 0.3) is 0 Å². The largest absolute Gasteiger partial charge is 0.481 e. The number of carboxylic acid groups (broad SMARTS) is 1. The summed E-state index contributed by atoms with van der Waals surface area (Å²) in [4.78, 5) is 14.8. The molecule has 6 fully saturated rings. The first-order chi connectivity index (χ1) is 42.0. The first-order valence-corrected chi connectivity index (χ1v) is 35.3. The van der Waals surface area contributed by atoms with Crippen LogP contribution in [-0.4, -0.2) is 46.6 Å². The van der Waals surface area contributed by atoms with E-state index in [1.54, 1.807) is 11.1 Å². The molecule has 6 saturated carbocycles. The quantitative estimate of drug-likeness (QED) is 0.167. The maximum Gasteiger partial charge on any atom is 0.306 e. The van der Waals surface area contributed by atoms with Gasteiger partial charge in [-0.25, -0.2) is 0 Å². The van der Waals surface area contributed by atoms with Gasteiger partial charge in [0, 0.05) is 46.6 Å². The first kappa shape index (κ1) is 57.0. The molecule has 458 valence electrons. The molecule has 3 aromatic carbocycles. The third-order valence-electron chi connectivity index (χ3n) is 28.6. The minimum absolute atomic E-state index is 0.0540. The van der Waals surface area contributed by atoms with E-state index in [4.69, 9.17) is 6.58 Å². The lowest BCUT2D eigenvalue weighted by Crippen LogP contribution is -2.70. The fourth-order valence-corrected chi connectivity index (χ4v) is 25.7. The van der Waals surface area contributed by atoms with Crippen LogP contribution in [0.2, 0.25) is 0 Å². The highest BCUT2D eigenvalue weighted by Gasteiger charge is 2.81. The zero-order valence-electron chi connectivity index (χ0n) is 53.1. The Balaban J connectivity index is 0.893. The smallest absolute Gasteiger partial charge is 0.306 e. The number of aliphatic hydroxyl groups excluding tert-OH is 2. The molecule has 16 unspecified atom stereocenters. The molecule has 6 heterocycles. The zero-order chi connectivity index (χ0) is 59.5. The topological polar surface area (TPSA) is 102 Å². The highest BCUT2D eigenvalue weighted by Crippen LogP contribution is 2.88. The van der Waals surface area contributed by atoms with E-state index in [-0.39, 0.29) is 56.2 Å². The van der Waals surface area contributed by atoms with Crippen molar-refractivity contribution in [1.82, 2.24) is 10.6 Å². The third-order valence-corrected chi connectivity index (χ3v) is 28.6. The number of carboxylic acids is 1. The van der Waals surface area contributed by atoms with E-state index in [1.807, 2.05) is 0 Å². The first-order valence-electron chi connectivity index (χ1n) is 35.3. The molecule has 6 aliphatic heterocycles. The van der Waals surface area contributed by atoms with Crippen LogP contribution in [-0.2, 0) is 17.6 Å². The summed E-state index contributed by atoms with van der Waals surface area (Å²) in [5.74, 6) is 1.54. The molecule has 6 nitrogen and oxygen atoms in total. The molecule has 0 saturated heterocycles. The Morgan fingerprint density at radius 2 is 1.64 bits per heavy atom. The number of dihydropyridines is 1. The second-order valence-electron chi connectivity index (χ2n) is 32.6. The molecule has 0 aromatic heterocycles. The number of rotatable bonds is 4. The average Bonchev–Trinajstić information content (AvgIpc) is 1.62. The monoisotopic (exact) mass is 1160 g/mol. The minimum atomic E-state index is -0.717. The fraction of sp³-hybridized carbons (Fsp3) is 0.593. The molecule has 5 N–H and O–H groups in total. The Morgan fingerprint density at radius 3 is 2.46 bits per heavy atom. The van der Waals surface area contributed by atoms with Crippen LogP contribution in [0.1, 0.15) is 189 Å². The number of nitrogens with one attached hydrogen (secondary N) is 2. The van der Waals surface area contributed by atoms with Crippen LogP contribution in [0.15, 0.2) is 132 Å². The average molecular weight is 1170 g/mol. The third kappa shape index (κ3) is 8.38. The van der Waals surface area contributed by atoms with Crippen molar-refractivity contribution in [2.75, 3.05) is 13.1 Å². The Hall–Kier alpha value is -5.17. The Kier molecular flexibility index (Phi) is 13.6. The van der Waals surface area contributed by atoms with Gasteiger partial charge in [-0.3, -0.25) is 4.79 Å². The van der Waals surface area contributed by atoms with Gasteiger partial charge in [-0.2, -0.15) is 0 Å². The maximum absolute atomic E-state index is 14.8. The lowest BCUT2D eigenvalue weighted by atomic mass is 9.27. The van der Waals surface area contributed by atoms with Gasteiger partial charge in [0.2, 0.25) is 0 Å². The number of hydrogen-bond acceptors (Lipinski definition) is 5. The number of allylic oxidation sites excluding steroid dienone is 9. The summed E-state index contributed by atoms with van der Waals surface area (Å²) < 4.78 is 0. The minimum Gasteiger partial charge on any atom is -0.481 e. The molecule has 87 heavy (non-hydrogen) atoms. The Bertz CT molecular complexity index is 3630. The van der Waals surface area contributed by atoms with Crippen LogP contribution in [0.25, 0.3) is 17.2 Å². The predicted octanol–water partition coefficient (Wildman–Crippen LogP) is 15.3. The van der Waals surface area contributed by atoms with Gasteiger partial charge < -0.3 is 26.0 Å². The molecular formula is C81H100N2O4. The molecule has 0 radical (unpaired) electrons. The van der Waals surface area contributed by atoms with Gasteiger partial charge >= 0.3 is 5.97 Å². The second-order valence-corrected chi connectivity index (χ2v) is 32.6. The summed E-state index contributed by atoms with van der Waals surface area (Å²) in [6.07, 6.45) is 40.7. The van der Waals surface area contributed by atoms with Crippen molar-refractivity contribution in [2.24, 2.45) is 85.2 Å². The maximum atomic E-state index is 14.8. The molecule has 17 aliphatic rings. The standard InChI is InChI=1S/C81H100N2O4/c1-50-36-51(2)38-55(37-50)39-54-25-30-77(44-54)33-34-79(49-77)31-26-60-43-67-68-46-78-29-13-28-75(4)70(85)27-32-80(67,74(75)78)66-42-58-17-9-10-19-62(58)64(65(66)45-78)41-53-14-11-18-57(40-53)59-22-24-71(83-48-59)82-35-12-20-61(56-15-7-6-8-16-56)52(3)21-23-63(73(86)87)72-69(84)47-81(68,79)76(60,72)5/h9-11,13-14,17-19,22,24,29,36-38,40,42,45,54,56,60-61,63,66,69-70,72,74,82-85H,3,6-8,12,15-16,20-21,23,25-28,30-35,39,41,43-44,46-49H2,1-2,4-5H3,(H,86,87). The highest BCUT2D eigenvalue weighted by molar-refractivity contribution is 5.78. The summed E-state index contributed by atoms with van der Waals surface area (Å²) in [6.45, 7) is 16.3. The van der Waals surface area contributed by atoms with Gasteiger partial charge in [0.1, 0.15) is 0 Å². The molecule has 16 atom stereocenters. The van der Waals surface area contributed by atoms with E-state index in [1.165, 1.54) is 138 Å². The predicted molar refractivity (Wildman–Crippen MR) is 351 cm³/mol. The number of aryl methyl sites for hydroxylation is 2. The molecule has 4 spiro atoms. The molecule has 15 bridgehead atoms. The zero-order valence-corrected chi connectivity index (χ0v) is 53.1. The number of fused-ring (bicyclic) bond motifs is 1. The fourth-order valence-electron chi connectivity index (χ4n) is 25.7. The molecule has 0 amide bonds. The van der Waals surface area contributed by atoms with E-state index >= 15 is 0 Å². The van der Waals surface area contributed by atoms with E-state index < -0.39 is 29.5 Å². The van der Waals surface area contributed by atoms with Gasteiger partial charge in [0.05, 0.1) is 23.9 Å². The molecule has 20 rings (SSSR count). The highest BCUT2D eigenvalue weighted by atomic mass is 16.4. The Labute approximate surface area is 520 Å². The van der Waals surface area contributed by atoms with Crippen LogP contribution in [0, 0.1) is 99.1 Å². The normalized spacial score (nSPS) is 41.9. The number of aliphatic hydroxyl groups is 2. The summed E-state index contributed by atoms with van der Waals surface area (Å²) in [7, 11) is 0. The van der Waals surface area contributed by atoms with Crippen molar-refractivity contribution < 1.29 is 20.1 Å². The second kappa shape index (κ2) is 20.7. The van der Waals surface area contributed by atoms with Crippen molar-refractivity contribution in [1.29, 1.82) is 0 Å². The number of hydrogen-bond donors (Lipinski definition) is 5. The van der Waals surface area contributed by atoms with Crippen LogP contribution in [0.3, 0.4) is 0 Å². The van der Waals surface area contributed by atoms with Crippen molar-refractivity contribution >= 4 is 23.2 Å². The van der Waals surface area contributed by atoms with E-state index in [0.29, 0.717) is 37.0 Å². The van der Waals surface area contributed by atoms with Gasteiger partial charge in [-0.15, -0.1) is 0 Å². The summed E-state index contributed by atoms with van der Waals surface area (Å²) in [6, 6.07) is 26.0. The van der Waals surface area contributed by atoms with Crippen LogP contribution in [0.5, 0.6) is 0 Å². The summed E-state index contributed by atoms with van der Waals surface area (Å²) in [5.41, 5.74) is 14.3. The van der Waals surface area contributed by atoms with Gasteiger partial charge in [-0.05, 0) is 251 Å². The molecule has 11 aliphatic carbocycles. The molecule has 6 heteroatoms. The van der Waals surface area contributed by atoms with Crippen LogP contribution in [0.4, 0.5) is 0 Å². The van der Waals surface area contributed by atoms with Crippen molar-refractivity contribution in [2.45, 2.75) is 200 Å². The lowest BCUT2D eigenvalue weighted by molar-refractivity contribution is -0.191. The van der Waals surface area contributed by atoms with Crippen molar-refractivity contribution in [3.63, 3.8) is 0 Å². The van der Waals surface area contributed by atoms with Crippen LogP contribution >= 0.6 is 0 Å². The molecule has 3 aromatic rings. The van der Waals surface area contributed by atoms with Gasteiger partial charge in [-0.1, -0.05) is 165 Å². The lowest BCUT2D eigenvalue weighted by Gasteiger charge is -2.76. The molecular weight excluding hydrogens is 1060 g/mol. The van der Waals surface area contributed by atoms with Crippen LogP contribution < -0.4 is 21.1 Å². The SMILES string of the molecule is C=C1CCC(C(=O)O)C2C(O)CC34C5=C(CC(CCC36CCC3(CCC(Cc7cc(C)cc(C)c7)C3)C6)C24C)C23CCC(O)C4(C)CC=CC(C=C6C(=c7ccccc7=CC62)Cc2cccc(c2)C2=CC=C(NCCCC1C1CCCCC1)NC2)(C5)C43. The van der Waals surface area contributed by atoms with E-state index in [0.717, 1.165) is 83.1 Å². The number of carbonyl (C=O) groups is 1. The van der Waals surface area contributed by atoms with E-state index in [9.17, 15) is 20.1 Å². The van der Waals surface area contributed by atoms with Crippen molar-refractivity contribution in [3.8, 4) is 0 Å². The number of aliphatic carboxylic acids is 1. The number of benzene rings is 3. The van der Waals surface area contributed by atoms with Gasteiger partial charge in [0.15, 0.2) is 0 Å².